The Hall–Kier alpha value is -4.36. The molecule has 1 aliphatic heterocycles. The second-order valence-electron chi connectivity index (χ2n) is 11.1. The van der Waals surface area contributed by atoms with E-state index in [1.165, 1.54) is 4.90 Å². The van der Waals surface area contributed by atoms with Crippen LogP contribution in [0, 0.1) is 18.8 Å². The number of aryl methyl sites for hydroxylation is 1. The molecule has 6 rings (SSSR count). The number of hydrogen-bond donors (Lipinski definition) is 0. The summed E-state index contributed by atoms with van der Waals surface area (Å²) in [4.78, 5) is 58.6. The van der Waals surface area contributed by atoms with E-state index < -0.39 is 12.1 Å². The summed E-state index contributed by atoms with van der Waals surface area (Å²) in [5, 5.41) is 1.12. The molecule has 212 valence electrons. The third-order valence-electron chi connectivity index (χ3n) is 8.23. The summed E-state index contributed by atoms with van der Waals surface area (Å²) in [6.45, 7) is 3.46. The molecule has 0 spiro atoms. The van der Waals surface area contributed by atoms with Crippen LogP contribution in [0.5, 0.6) is 0 Å². The minimum atomic E-state index is -1.02. The first-order valence-corrected chi connectivity index (χ1v) is 14.5. The number of anilines is 1. The van der Waals surface area contributed by atoms with Crippen LogP contribution in [0.1, 0.15) is 58.9 Å². The summed E-state index contributed by atoms with van der Waals surface area (Å²) in [6.07, 6.45) is 2.44. The van der Waals surface area contributed by atoms with Gasteiger partial charge in [-0.2, -0.15) is 0 Å². The Bertz CT molecular complexity index is 1710. The molecule has 4 aromatic rings. The van der Waals surface area contributed by atoms with Crippen molar-refractivity contribution in [2.24, 2.45) is 11.8 Å². The fourth-order valence-electron chi connectivity index (χ4n) is 5.98. The number of esters is 1. The molecule has 0 bridgehead atoms. The van der Waals surface area contributed by atoms with Crippen LogP contribution in [-0.4, -0.2) is 34.7 Å². The summed E-state index contributed by atoms with van der Waals surface area (Å²) < 4.78 is 5.65. The van der Waals surface area contributed by atoms with Gasteiger partial charge < -0.3 is 4.74 Å². The third kappa shape index (κ3) is 5.09. The maximum atomic E-state index is 13.5. The molecule has 1 aromatic heterocycles. The van der Waals surface area contributed by atoms with Crippen molar-refractivity contribution in [1.82, 2.24) is 4.98 Å². The van der Waals surface area contributed by atoms with E-state index in [1.807, 2.05) is 25.1 Å². The Balaban J connectivity index is 1.30. The zero-order valence-corrected chi connectivity index (χ0v) is 24.1. The first kappa shape index (κ1) is 27.8. The van der Waals surface area contributed by atoms with Crippen molar-refractivity contribution in [3.05, 3.63) is 94.5 Å². The lowest BCUT2D eigenvalue weighted by Gasteiger charge is -2.19. The maximum absolute atomic E-state index is 13.5. The topological polar surface area (TPSA) is 93.6 Å². The molecule has 1 saturated heterocycles. The van der Waals surface area contributed by atoms with E-state index in [2.05, 4.69) is 0 Å². The van der Waals surface area contributed by atoms with E-state index in [1.54, 1.807) is 61.5 Å². The number of hydrogen-bond acceptors (Lipinski definition) is 6. The molecule has 0 radical (unpaired) electrons. The maximum Gasteiger partial charge on any atom is 0.339 e. The quantitative estimate of drug-likeness (QED) is 0.139. The van der Waals surface area contributed by atoms with Gasteiger partial charge in [0.15, 0.2) is 6.10 Å². The first-order valence-electron chi connectivity index (χ1n) is 14.1. The van der Waals surface area contributed by atoms with Gasteiger partial charge in [0.05, 0.1) is 34.3 Å². The van der Waals surface area contributed by atoms with Crippen LogP contribution >= 0.6 is 11.6 Å². The van der Waals surface area contributed by atoms with Crippen LogP contribution in [0.25, 0.3) is 22.2 Å². The lowest BCUT2D eigenvalue weighted by atomic mass is 9.81. The van der Waals surface area contributed by atoms with Crippen LogP contribution in [0.15, 0.2) is 72.8 Å². The highest BCUT2D eigenvalue weighted by molar-refractivity contribution is 6.30. The van der Waals surface area contributed by atoms with Gasteiger partial charge >= 0.3 is 5.97 Å². The predicted molar refractivity (Wildman–Crippen MR) is 161 cm³/mol. The molecule has 2 heterocycles. The number of ether oxygens (including phenoxy) is 1. The Morgan fingerprint density at radius 3 is 2.19 bits per heavy atom. The number of aromatic nitrogens is 1. The van der Waals surface area contributed by atoms with E-state index in [9.17, 15) is 19.2 Å². The highest BCUT2D eigenvalue weighted by Gasteiger charge is 2.48. The van der Waals surface area contributed by atoms with Gasteiger partial charge in [-0.1, -0.05) is 48.2 Å². The molecular formula is C34H29ClN2O5. The molecule has 1 aliphatic carbocycles. The number of benzene rings is 3. The lowest BCUT2D eigenvalue weighted by molar-refractivity contribution is -0.122. The SMILES string of the molecule is Cc1ccc2nc(-c3ccc(N4C(=O)C5CCCCC5C4=O)cc3)cc(C(=O)OC(C)C(=O)c3ccc(Cl)cc3)c2c1. The van der Waals surface area contributed by atoms with Crippen molar-refractivity contribution in [3.8, 4) is 11.3 Å². The van der Waals surface area contributed by atoms with Crippen LogP contribution in [0.3, 0.4) is 0 Å². The molecule has 2 amide bonds. The number of ketones is 1. The van der Waals surface area contributed by atoms with Crippen molar-refractivity contribution in [1.29, 1.82) is 0 Å². The zero-order valence-electron chi connectivity index (χ0n) is 23.3. The standard InChI is InChI=1S/C34H29ClN2O5/c1-19-7-16-29-27(17-19)28(34(41)42-20(2)31(38)22-8-12-23(35)13-9-22)18-30(36-29)21-10-14-24(15-11-21)37-32(39)25-5-3-4-6-26(25)33(37)40/h7-18,20,25-26H,3-6H2,1-2H3. The van der Waals surface area contributed by atoms with Gasteiger partial charge in [0, 0.05) is 21.5 Å². The summed E-state index contributed by atoms with van der Waals surface area (Å²) >= 11 is 5.94. The number of fused-ring (bicyclic) bond motifs is 2. The number of pyridine rings is 1. The minimum Gasteiger partial charge on any atom is -0.451 e. The number of rotatable bonds is 6. The molecule has 2 aliphatic rings. The second-order valence-corrected chi connectivity index (χ2v) is 11.5. The fraction of sp³-hybridized carbons (Fsp3) is 0.265. The van der Waals surface area contributed by atoms with Crippen molar-refractivity contribution in [2.45, 2.75) is 45.6 Å². The molecule has 3 atom stereocenters. The molecule has 7 nitrogen and oxygen atoms in total. The number of amides is 2. The molecule has 8 heteroatoms. The van der Waals surface area contributed by atoms with Gasteiger partial charge in [0.2, 0.25) is 17.6 Å². The Kier molecular flexibility index (Phi) is 7.37. The third-order valence-corrected chi connectivity index (χ3v) is 8.48. The molecular weight excluding hydrogens is 552 g/mol. The Labute approximate surface area is 248 Å². The number of carbonyl (C=O) groups is 4. The van der Waals surface area contributed by atoms with Crippen LogP contribution in [0.4, 0.5) is 5.69 Å². The van der Waals surface area contributed by atoms with Gasteiger partial charge in [-0.25, -0.2) is 9.78 Å². The van der Waals surface area contributed by atoms with Gasteiger partial charge in [-0.05, 0) is 81.3 Å². The average Bonchev–Trinajstić information content (AvgIpc) is 3.26. The van der Waals surface area contributed by atoms with Gasteiger partial charge in [0.25, 0.3) is 0 Å². The van der Waals surface area contributed by atoms with Crippen molar-refractivity contribution >= 4 is 51.8 Å². The summed E-state index contributed by atoms with van der Waals surface area (Å²) in [5.74, 6) is -1.67. The summed E-state index contributed by atoms with van der Waals surface area (Å²) in [5.41, 5.74) is 3.98. The number of halogens is 1. The Morgan fingerprint density at radius 2 is 1.55 bits per heavy atom. The molecule has 3 aromatic carbocycles. The molecule has 2 fully saturated rings. The zero-order chi connectivity index (χ0) is 29.5. The first-order chi connectivity index (χ1) is 20.2. The number of nitrogens with zero attached hydrogens (tertiary/aromatic N) is 2. The lowest BCUT2D eigenvalue weighted by Crippen LogP contribution is -2.30. The second kappa shape index (κ2) is 11.1. The van der Waals surface area contributed by atoms with Crippen LogP contribution < -0.4 is 4.90 Å². The van der Waals surface area contributed by atoms with Gasteiger partial charge in [-0.15, -0.1) is 0 Å². The molecule has 3 unspecified atom stereocenters. The van der Waals surface area contributed by atoms with Crippen LogP contribution in [0.2, 0.25) is 5.02 Å². The predicted octanol–water partition coefficient (Wildman–Crippen LogP) is 6.97. The van der Waals surface area contributed by atoms with E-state index in [0.717, 1.165) is 31.2 Å². The molecule has 42 heavy (non-hydrogen) atoms. The van der Waals surface area contributed by atoms with Gasteiger partial charge in [0.1, 0.15) is 0 Å². The minimum absolute atomic E-state index is 0.121. The van der Waals surface area contributed by atoms with Crippen molar-refractivity contribution in [3.63, 3.8) is 0 Å². The van der Waals surface area contributed by atoms with Crippen molar-refractivity contribution < 1.29 is 23.9 Å². The van der Waals surface area contributed by atoms with Crippen molar-refractivity contribution in [2.75, 3.05) is 4.90 Å². The largest absolute Gasteiger partial charge is 0.451 e. The molecule has 1 saturated carbocycles. The smallest absolute Gasteiger partial charge is 0.339 e. The highest BCUT2D eigenvalue weighted by Crippen LogP contribution is 2.40. The number of imide groups is 1. The van der Waals surface area contributed by atoms with E-state index in [4.69, 9.17) is 21.3 Å². The normalized spacial score (nSPS) is 19.1. The number of carbonyl (C=O) groups excluding carboxylic acids is 4. The summed E-state index contributed by atoms with van der Waals surface area (Å²) in [7, 11) is 0. The highest BCUT2D eigenvalue weighted by atomic mass is 35.5. The summed E-state index contributed by atoms with van der Waals surface area (Å²) in [6, 6.07) is 20.8. The van der Waals surface area contributed by atoms with E-state index >= 15 is 0 Å². The fourth-order valence-corrected chi connectivity index (χ4v) is 6.11. The van der Waals surface area contributed by atoms with Gasteiger partial charge in [-0.3, -0.25) is 19.3 Å². The molecule has 0 N–H and O–H groups in total. The number of Topliss-reactive ketones (excluding diaryl/α,β-unsaturated/α-hetero) is 1. The average molecular weight is 581 g/mol. The van der Waals surface area contributed by atoms with E-state index in [-0.39, 0.29) is 35.0 Å². The monoisotopic (exact) mass is 580 g/mol. The van der Waals surface area contributed by atoms with E-state index in [0.29, 0.717) is 38.4 Å². The Morgan fingerprint density at radius 1 is 0.905 bits per heavy atom. The van der Waals surface area contributed by atoms with Crippen LogP contribution in [-0.2, 0) is 14.3 Å².